The Morgan fingerprint density at radius 2 is 1.61 bits per heavy atom. The first-order chi connectivity index (χ1) is 8.60. The Balaban J connectivity index is 1.94. The van der Waals surface area contributed by atoms with Gasteiger partial charge in [0.05, 0.1) is 0 Å². The normalized spacial score (nSPS) is 42.3. The van der Waals surface area contributed by atoms with Gasteiger partial charge in [-0.1, -0.05) is 0 Å². The van der Waals surface area contributed by atoms with Gasteiger partial charge in [0.1, 0.15) is 11.6 Å². The molecule has 0 heterocycles. The van der Waals surface area contributed by atoms with E-state index >= 15 is 0 Å². The molecule has 0 aromatic carbocycles. The largest absolute Gasteiger partial charge is 0.365 e. The van der Waals surface area contributed by atoms with E-state index in [2.05, 4.69) is 0 Å². The summed E-state index contributed by atoms with van der Waals surface area (Å²) >= 11 is 0. The van der Waals surface area contributed by atoms with Crippen molar-refractivity contribution < 1.29 is 4.79 Å². The van der Waals surface area contributed by atoms with Crippen molar-refractivity contribution in [2.75, 3.05) is 0 Å². The van der Waals surface area contributed by atoms with Crippen LogP contribution in [0.3, 0.4) is 0 Å². The quantitative estimate of drug-likeness (QED) is 0.598. The fraction of sp³-hybridized carbons (Fsp3) is 0.733. The predicted molar refractivity (Wildman–Crippen MR) is 68.0 cm³/mol. The Hall–Kier alpha value is -1.30. The van der Waals surface area contributed by atoms with Crippen molar-refractivity contribution in [2.24, 2.45) is 35.3 Å². The van der Waals surface area contributed by atoms with Crippen LogP contribution in [0.4, 0.5) is 0 Å². The molecule has 4 aliphatic rings. The van der Waals surface area contributed by atoms with Crippen molar-refractivity contribution in [3.05, 3.63) is 11.1 Å². The average Bonchev–Trinajstić information content (AvgIpc) is 2.27. The van der Waals surface area contributed by atoms with Gasteiger partial charge >= 0.3 is 0 Å². The number of rotatable bonds is 2. The van der Waals surface area contributed by atoms with E-state index in [0.717, 1.165) is 17.4 Å². The highest BCUT2D eigenvalue weighted by molar-refractivity contribution is 5.96. The van der Waals surface area contributed by atoms with E-state index in [1.165, 1.54) is 32.1 Å². The van der Waals surface area contributed by atoms with Crippen LogP contribution in [-0.2, 0) is 4.79 Å². The summed E-state index contributed by atoms with van der Waals surface area (Å²) in [5.41, 5.74) is 6.51. The van der Waals surface area contributed by atoms with Gasteiger partial charge in [-0.2, -0.15) is 5.26 Å². The lowest BCUT2D eigenvalue weighted by atomic mass is 9.50. The van der Waals surface area contributed by atoms with Crippen molar-refractivity contribution in [3.63, 3.8) is 0 Å². The fourth-order valence-corrected chi connectivity index (χ4v) is 5.14. The van der Waals surface area contributed by atoms with Crippen molar-refractivity contribution in [1.82, 2.24) is 0 Å². The Bertz CT molecular complexity index is 430. The molecule has 2 N–H and O–H groups in total. The fourth-order valence-electron chi connectivity index (χ4n) is 5.14. The molecule has 3 nitrogen and oxygen atoms in total. The number of carbonyl (C=O) groups is 1. The van der Waals surface area contributed by atoms with Gasteiger partial charge in [-0.15, -0.1) is 0 Å². The van der Waals surface area contributed by atoms with E-state index in [4.69, 9.17) is 11.0 Å². The summed E-state index contributed by atoms with van der Waals surface area (Å²) in [7, 11) is 0. The van der Waals surface area contributed by atoms with Crippen LogP contribution in [0.25, 0.3) is 0 Å². The number of nitrogens with zero attached hydrogens (tertiary/aromatic N) is 1. The minimum atomic E-state index is -0.552. The second kappa shape index (κ2) is 4.12. The number of hydrogen-bond donors (Lipinski definition) is 1. The van der Waals surface area contributed by atoms with Crippen molar-refractivity contribution in [2.45, 2.75) is 39.0 Å². The maximum absolute atomic E-state index is 11.3. The van der Waals surface area contributed by atoms with Crippen LogP contribution in [0.1, 0.15) is 39.0 Å². The van der Waals surface area contributed by atoms with Crippen molar-refractivity contribution in [1.29, 1.82) is 5.26 Å². The highest BCUT2D eigenvalue weighted by Crippen LogP contribution is 2.58. The molecular formula is C15H20N2O. The van der Waals surface area contributed by atoms with Crippen LogP contribution in [0.2, 0.25) is 0 Å². The van der Waals surface area contributed by atoms with E-state index < -0.39 is 5.91 Å². The third-order valence-electron chi connectivity index (χ3n) is 5.48. The van der Waals surface area contributed by atoms with E-state index in [0.29, 0.717) is 17.8 Å². The zero-order valence-corrected chi connectivity index (χ0v) is 10.9. The first kappa shape index (κ1) is 11.8. The van der Waals surface area contributed by atoms with E-state index in [1.807, 2.05) is 13.0 Å². The summed E-state index contributed by atoms with van der Waals surface area (Å²) in [6.07, 6.45) is 6.61. The molecular weight excluding hydrogens is 224 g/mol. The van der Waals surface area contributed by atoms with Gasteiger partial charge in [-0.25, -0.2) is 0 Å². The zero-order valence-electron chi connectivity index (χ0n) is 10.9. The van der Waals surface area contributed by atoms with E-state index in [1.54, 1.807) is 0 Å². The maximum atomic E-state index is 11.3. The van der Waals surface area contributed by atoms with Crippen LogP contribution in [0.5, 0.6) is 0 Å². The van der Waals surface area contributed by atoms with Crippen molar-refractivity contribution in [3.8, 4) is 6.07 Å². The summed E-state index contributed by atoms with van der Waals surface area (Å²) in [6.45, 7) is 1.95. The van der Waals surface area contributed by atoms with Crippen LogP contribution >= 0.6 is 0 Å². The molecule has 96 valence electrons. The van der Waals surface area contributed by atoms with Gasteiger partial charge in [0.25, 0.3) is 5.91 Å². The van der Waals surface area contributed by atoms with Crippen LogP contribution in [0.15, 0.2) is 11.1 Å². The molecule has 4 fully saturated rings. The van der Waals surface area contributed by atoms with Crippen LogP contribution < -0.4 is 5.73 Å². The summed E-state index contributed by atoms with van der Waals surface area (Å²) < 4.78 is 0. The average molecular weight is 244 g/mol. The second-order valence-corrected chi connectivity index (χ2v) is 6.49. The molecule has 0 spiro atoms. The molecule has 3 heteroatoms. The molecule has 4 bridgehead atoms. The molecule has 0 atom stereocenters. The van der Waals surface area contributed by atoms with Crippen molar-refractivity contribution >= 4 is 5.91 Å². The smallest absolute Gasteiger partial charge is 0.259 e. The first-order valence-corrected chi connectivity index (χ1v) is 7.00. The number of nitriles is 1. The summed E-state index contributed by atoms with van der Waals surface area (Å²) in [5.74, 6) is 3.11. The molecule has 0 saturated heterocycles. The Labute approximate surface area is 108 Å². The third-order valence-corrected chi connectivity index (χ3v) is 5.48. The molecule has 0 aromatic heterocycles. The van der Waals surface area contributed by atoms with E-state index in [-0.39, 0.29) is 5.57 Å². The molecule has 4 aliphatic carbocycles. The minimum Gasteiger partial charge on any atom is -0.365 e. The van der Waals surface area contributed by atoms with Gasteiger partial charge in [0.2, 0.25) is 0 Å². The standard InChI is InChI=1S/C15H20N2O/c1-8(13(7-16)15(17)18)14-11-3-9-2-10(5-11)6-12(14)4-9/h9-12,14H,2-6H2,1H3,(H2,17,18)/b13-8+. The number of allylic oxidation sites excluding steroid dienone is 1. The molecule has 1 amide bonds. The van der Waals surface area contributed by atoms with Gasteiger partial charge < -0.3 is 5.73 Å². The van der Waals surface area contributed by atoms with Gasteiger partial charge in [0.15, 0.2) is 0 Å². The summed E-state index contributed by atoms with van der Waals surface area (Å²) in [4.78, 5) is 11.3. The van der Waals surface area contributed by atoms with Gasteiger partial charge in [-0.3, -0.25) is 4.79 Å². The lowest BCUT2D eigenvalue weighted by molar-refractivity contribution is -0.114. The monoisotopic (exact) mass is 244 g/mol. The molecule has 18 heavy (non-hydrogen) atoms. The van der Waals surface area contributed by atoms with Gasteiger partial charge in [-0.05, 0) is 74.2 Å². The highest BCUT2D eigenvalue weighted by atomic mass is 16.1. The molecule has 0 aromatic rings. The predicted octanol–water partition coefficient (Wildman–Crippen LogP) is 2.38. The number of primary amides is 1. The second-order valence-electron chi connectivity index (χ2n) is 6.49. The van der Waals surface area contributed by atoms with Crippen LogP contribution in [-0.4, -0.2) is 5.91 Å². The number of carbonyl (C=O) groups excluding carboxylic acids is 1. The lowest BCUT2D eigenvalue weighted by Crippen LogP contribution is -2.45. The Morgan fingerprint density at radius 1 is 1.11 bits per heavy atom. The number of hydrogen-bond acceptors (Lipinski definition) is 2. The first-order valence-electron chi connectivity index (χ1n) is 7.00. The Morgan fingerprint density at radius 3 is 2.00 bits per heavy atom. The summed E-state index contributed by atoms with van der Waals surface area (Å²) in [5, 5.41) is 9.11. The van der Waals surface area contributed by atoms with Gasteiger partial charge in [0, 0.05) is 0 Å². The topological polar surface area (TPSA) is 66.9 Å². The summed E-state index contributed by atoms with van der Waals surface area (Å²) in [6, 6.07) is 2.02. The zero-order chi connectivity index (χ0) is 12.9. The molecule has 0 radical (unpaired) electrons. The third kappa shape index (κ3) is 1.67. The molecule has 4 rings (SSSR count). The van der Waals surface area contributed by atoms with E-state index in [9.17, 15) is 4.79 Å². The van der Waals surface area contributed by atoms with Crippen LogP contribution in [0, 0.1) is 40.9 Å². The minimum absolute atomic E-state index is 0.215. The molecule has 0 unspecified atom stereocenters. The SMILES string of the molecule is C/C(=C(/C#N)C(N)=O)C1C2CC3CC(C2)CC1C3. The Kier molecular flexibility index (Phi) is 2.69. The maximum Gasteiger partial charge on any atom is 0.259 e. The number of nitrogens with two attached hydrogens (primary N) is 1. The number of amides is 1. The molecule has 4 saturated carbocycles. The molecule has 0 aliphatic heterocycles. The lowest BCUT2D eigenvalue weighted by Gasteiger charge is -2.55. The highest BCUT2D eigenvalue weighted by Gasteiger charge is 2.49.